The van der Waals surface area contributed by atoms with Crippen LogP contribution in [0.3, 0.4) is 0 Å². The molecule has 0 aromatic heterocycles. The molecule has 0 saturated carbocycles. The summed E-state index contributed by atoms with van der Waals surface area (Å²) >= 11 is 0. The van der Waals surface area contributed by atoms with Gasteiger partial charge >= 0.3 is 11.9 Å². The second-order valence-corrected chi connectivity index (χ2v) is 6.89. The minimum Gasteiger partial charge on any atom is -0.453 e. The molecule has 1 saturated heterocycles. The lowest BCUT2D eigenvalue weighted by atomic mass is 9.89. The average molecular weight is 332 g/mol. The first-order valence-corrected chi connectivity index (χ1v) is 7.72. The van der Waals surface area contributed by atoms with E-state index < -0.39 is 28.7 Å². The van der Waals surface area contributed by atoms with Gasteiger partial charge in [-0.15, -0.1) is 0 Å². The summed E-state index contributed by atoms with van der Waals surface area (Å²) in [6.07, 6.45) is 0.460. The third-order valence-electron chi connectivity index (χ3n) is 3.92. The molecule has 0 unspecified atom stereocenters. The lowest BCUT2D eigenvalue weighted by Gasteiger charge is -2.43. The normalized spacial score (nSPS) is 19.9. The van der Waals surface area contributed by atoms with Crippen molar-refractivity contribution in [1.29, 1.82) is 0 Å². The number of hydrogen-bond donors (Lipinski definition) is 0. The summed E-state index contributed by atoms with van der Waals surface area (Å²) in [5.74, 6) is -1.72. The van der Waals surface area contributed by atoms with Crippen LogP contribution in [0, 0.1) is 5.41 Å². The fraction of sp³-hybridized carbons (Fsp3) is 0.875. The van der Waals surface area contributed by atoms with E-state index in [0.717, 1.165) is 0 Å². The molecule has 23 heavy (non-hydrogen) atoms. The van der Waals surface area contributed by atoms with Crippen LogP contribution in [0.4, 0.5) is 0 Å². The van der Waals surface area contributed by atoms with Gasteiger partial charge in [-0.25, -0.2) is 0 Å². The summed E-state index contributed by atoms with van der Waals surface area (Å²) in [4.78, 5) is 24.3. The van der Waals surface area contributed by atoms with Gasteiger partial charge in [-0.1, -0.05) is 6.92 Å². The molecule has 7 heteroatoms. The predicted molar refractivity (Wildman–Crippen MR) is 81.5 cm³/mol. The summed E-state index contributed by atoms with van der Waals surface area (Å²) in [7, 11) is 1.42. The summed E-state index contributed by atoms with van der Waals surface area (Å²) in [6, 6.07) is 0. The van der Waals surface area contributed by atoms with Crippen LogP contribution in [0.5, 0.6) is 0 Å². The maximum Gasteiger partial charge on any atom is 0.312 e. The Morgan fingerprint density at radius 1 is 1.17 bits per heavy atom. The Labute approximate surface area is 137 Å². The molecule has 0 N–H and O–H groups in total. The molecule has 1 heterocycles. The van der Waals surface area contributed by atoms with Gasteiger partial charge in [0, 0.05) is 7.11 Å². The molecule has 1 aliphatic rings. The molecular formula is C16H28O7. The molecule has 7 nitrogen and oxygen atoms in total. The van der Waals surface area contributed by atoms with E-state index in [0.29, 0.717) is 6.42 Å². The van der Waals surface area contributed by atoms with Crippen LogP contribution in [-0.4, -0.2) is 50.4 Å². The van der Waals surface area contributed by atoms with Crippen LogP contribution in [-0.2, 0) is 33.3 Å². The highest BCUT2D eigenvalue weighted by molar-refractivity contribution is 5.77. The number of rotatable bonds is 7. The van der Waals surface area contributed by atoms with Crippen molar-refractivity contribution in [3.63, 3.8) is 0 Å². The molecule has 1 aliphatic heterocycles. The number of carbonyl (C=O) groups excluding carboxylic acids is 2. The molecule has 1 fully saturated rings. The van der Waals surface area contributed by atoms with E-state index in [1.807, 2.05) is 6.92 Å². The minimum absolute atomic E-state index is 0.0631. The smallest absolute Gasteiger partial charge is 0.312 e. The van der Waals surface area contributed by atoms with Crippen LogP contribution in [0.1, 0.15) is 47.5 Å². The van der Waals surface area contributed by atoms with Crippen LogP contribution in [0.2, 0.25) is 0 Å². The minimum atomic E-state index is -1.19. The standard InChI is InChI=1S/C16H28O7/c1-7-14(2,3)13(18)23-16(8-12(17)20-11-19-6)9-21-15(4,5)22-10-16/h7-11H2,1-6H3. The van der Waals surface area contributed by atoms with E-state index in [-0.39, 0.29) is 26.4 Å². The van der Waals surface area contributed by atoms with Gasteiger partial charge < -0.3 is 23.7 Å². The summed E-state index contributed by atoms with van der Waals surface area (Å²) < 4.78 is 26.4. The van der Waals surface area contributed by atoms with Gasteiger partial charge in [0.2, 0.25) is 0 Å². The molecule has 0 amide bonds. The van der Waals surface area contributed by atoms with E-state index in [9.17, 15) is 9.59 Å². The van der Waals surface area contributed by atoms with Crippen molar-refractivity contribution in [2.24, 2.45) is 5.41 Å². The van der Waals surface area contributed by atoms with Gasteiger partial charge in [-0.3, -0.25) is 9.59 Å². The van der Waals surface area contributed by atoms with Gasteiger partial charge in [0.05, 0.1) is 25.0 Å². The van der Waals surface area contributed by atoms with Gasteiger partial charge in [0.25, 0.3) is 0 Å². The van der Waals surface area contributed by atoms with Crippen molar-refractivity contribution in [3.8, 4) is 0 Å². The maximum atomic E-state index is 12.4. The molecule has 0 spiro atoms. The Morgan fingerprint density at radius 2 is 1.74 bits per heavy atom. The number of hydrogen-bond acceptors (Lipinski definition) is 7. The van der Waals surface area contributed by atoms with Crippen LogP contribution < -0.4 is 0 Å². The topological polar surface area (TPSA) is 80.3 Å². The van der Waals surface area contributed by atoms with E-state index >= 15 is 0 Å². The Hall–Kier alpha value is -1.18. The van der Waals surface area contributed by atoms with Gasteiger partial charge in [-0.05, 0) is 34.1 Å². The van der Waals surface area contributed by atoms with E-state index in [1.54, 1.807) is 27.7 Å². The Balaban J connectivity index is 2.85. The highest BCUT2D eigenvalue weighted by atomic mass is 16.7. The van der Waals surface area contributed by atoms with E-state index in [4.69, 9.17) is 23.7 Å². The second-order valence-electron chi connectivity index (χ2n) is 6.89. The molecular weight excluding hydrogens is 304 g/mol. The van der Waals surface area contributed by atoms with Crippen molar-refractivity contribution >= 4 is 11.9 Å². The Bertz CT molecular complexity index is 418. The quantitative estimate of drug-likeness (QED) is 0.521. The van der Waals surface area contributed by atoms with Crippen LogP contribution in [0.25, 0.3) is 0 Å². The highest BCUT2D eigenvalue weighted by Gasteiger charge is 2.47. The zero-order valence-electron chi connectivity index (χ0n) is 14.9. The monoisotopic (exact) mass is 332 g/mol. The number of ether oxygens (including phenoxy) is 5. The van der Waals surface area contributed by atoms with Crippen molar-refractivity contribution in [1.82, 2.24) is 0 Å². The zero-order valence-corrected chi connectivity index (χ0v) is 14.9. The van der Waals surface area contributed by atoms with Gasteiger partial charge in [-0.2, -0.15) is 0 Å². The third kappa shape index (κ3) is 5.75. The van der Waals surface area contributed by atoms with Crippen molar-refractivity contribution in [2.75, 3.05) is 27.1 Å². The first kappa shape index (κ1) is 19.9. The highest BCUT2D eigenvalue weighted by Crippen LogP contribution is 2.32. The molecule has 0 radical (unpaired) electrons. The Morgan fingerprint density at radius 3 is 2.22 bits per heavy atom. The summed E-state index contributed by atoms with van der Waals surface area (Å²) in [5.41, 5.74) is -1.85. The average Bonchev–Trinajstić information content (AvgIpc) is 2.48. The largest absolute Gasteiger partial charge is 0.453 e. The van der Waals surface area contributed by atoms with E-state index in [2.05, 4.69) is 0 Å². The lowest BCUT2D eigenvalue weighted by molar-refractivity contribution is -0.306. The number of methoxy groups -OCH3 is 1. The molecule has 0 aromatic rings. The van der Waals surface area contributed by atoms with Crippen molar-refractivity contribution in [2.45, 2.75) is 58.8 Å². The molecule has 0 aromatic carbocycles. The lowest BCUT2D eigenvalue weighted by Crippen LogP contribution is -2.55. The number of carbonyl (C=O) groups is 2. The number of esters is 2. The third-order valence-corrected chi connectivity index (χ3v) is 3.92. The van der Waals surface area contributed by atoms with E-state index in [1.165, 1.54) is 7.11 Å². The fourth-order valence-corrected chi connectivity index (χ4v) is 1.81. The van der Waals surface area contributed by atoms with Crippen LogP contribution in [0.15, 0.2) is 0 Å². The molecule has 134 valence electrons. The molecule has 1 rings (SSSR count). The zero-order chi connectivity index (χ0) is 17.7. The predicted octanol–water partition coefficient (Wildman–Crippen LogP) is 2.02. The van der Waals surface area contributed by atoms with Gasteiger partial charge in [0.1, 0.15) is 0 Å². The first-order valence-electron chi connectivity index (χ1n) is 7.72. The van der Waals surface area contributed by atoms with Gasteiger partial charge in [0.15, 0.2) is 18.2 Å². The maximum absolute atomic E-state index is 12.4. The molecule has 0 atom stereocenters. The van der Waals surface area contributed by atoms with Crippen molar-refractivity contribution < 1.29 is 33.3 Å². The molecule has 0 aliphatic carbocycles. The summed E-state index contributed by atoms with van der Waals surface area (Å²) in [5, 5.41) is 0. The van der Waals surface area contributed by atoms with Crippen LogP contribution >= 0.6 is 0 Å². The fourth-order valence-electron chi connectivity index (χ4n) is 1.81. The summed E-state index contributed by atoms with van der Waals surface area (Å²) in [6.45, 7) is 8.98. The second kappa shape index (κ2) is 7.59. The Kier molecular flexibility index (Phi) is 6.56. The molecule has 0 bridgehead atoms. The SMILES string of the molecule is CCC(C)(C)C(=O)OC1(CC(=O)OCOC)COC(C)(C)OC1. The first-order chi connectivity index (χ1) is 10.6. The van der Waals surface area contributed by atoms with Crippen molar-refractivity contribution in [3.05, 3.63) is 0 Å².